The molecule has 0 radical (unpaired) electrons. The highest BCUT2D eigenvalue weighted by Gasteiger charge is 2.27. The first-order valence-electron chi connectivity index (χ1n) is 7.39. The van der Waals surface area contributed by atoms with Gasteiger partial charge in [0.1, 0.15) is 0 Å². The first-order valence-corrected chi connectivity index (χ1v) is 7.39. The molecule has 0 aromatic heterocycles. The van der Waals surface area contributed by atoms with E-state index in [1.807, 2.05) is 19.1 Å². The molecule has 5 heteroatoms. The van der Waals surface area contributed by atoms with E-state index in [2.05, 4.69) is 4.90 Å². The maximum Gasteiger partial charge on any atom is 0.310 e. The molecule has 0 bridgehead atoms. The predicted octanol–water partition coefficient (Wildman–Crippen LogP) is 2.18. The fraction of sp³-hybridized carbons (Fsp3) is 0.562. The predicted molar refractivity (Wildman–Crippen MR) is 79.3 cm³/mol. The third-order valence-corrected chi connectivity index (χ3v) is 3.82. The molecule has 5 nitrogen and oxygen atoms in total. The lowest BCUT2D eigenvalue weighted by atomic mass is 9.97. The molecular weight excluding hydrogens is 270 g/mol. The molecule has 0 unspecified atom stereocenters. The van der Waals surface area contributed by atoms with E-state index in [4.69, 9.17) is 9.47 Å². The lowest BCUT2D eigenvalue weighted by Crippen LogP contribution is -2.38. The number of phenolic OH excluding ortho intramolecular Hbond substituents is 1. The Hall–Kier alpha value is -1.75. The Morgan fingerprint density at radius 2 is 2.29 bits per heavy atom. The largest absolute Gasteiger partial charge is 0.504 e. The van der Waals surface area contributed by atoms with Crippen molar-refractivity contribution in [3.8, 4) is 11.5 Å². The molecule has 1 aromatic rings. The van der Waals surface area contributed by atoms with E-state index in [0.29, 0.717) is 25.4 Å². The van der Waals surface area contributed by atoms with Crippen LogP contribution in [0.25, 0.3) is 0 Å². The van der Waals surface area contributed by atoms with Crippen LogP contribution in [0.2, 0.25) is 0 Å². The van der Waals surface area contributed by atoms with Crippen LogP contribution in [0.1, 0.15) is 25.3 Å². The zero-order valence-corrected chi connectivity index (χ0v) is 12.7. The topological polar surface area (TPSA) is 59.0 Å². The summed E-state index contributed by atoms with van der Waals surface area (Å²) >= 11 is 0. The van der Waals surface area contributed by atoms with Crippen LogP contribution in [0, 0.1) is 5.92 Å². The van der Waals surface area contributed by atoms with Crippen molar-refractivity contribution in [3.05, 3.63) is 23.8 Å². The number of para-hydroxylation sites is 1. The number of hydrogen-bond donors (Lipinski definition) is 1. The highest BCUT2D eigenvalue weighted by atomic mass is 16.5. The van der Waals surface area contributed by atoms with E-state index >= 15 is 0 Å². The van der Waals surface area contributed by atoms with Crippen molar-refractivity contribution in [1.29, 1.82) is 0 Å². The number of aromatic hydroxyl groups is 1. The van der Waals surface area contributed by atoms with Gasteiger partial charge in [0, 0.05) is 18.7 Å². The van der Waals surface area contributed by atoms with Gasteiger partial charge in [0.15, 0.2) is 11.5 Å². The molecule has 0 spiro atoms. The van der Waals surface area contributed by atoms with Gasteiger partial charge >= 0.3 is 5.97 Å². The summed E-state index contributed by atoms with van der Waals surface area (Å²) in [5, 5.41) is 10.1. The molecule has 116 valence electrons. The molecule has 0 amide bonds. The molecule has 0 aliphatic carbocycles. The van der Waals surface area contributed by atoms with Gasteiger partial charge in [-0.2, -0.15) is 0 Å². The average molecular weight is 293 g/mol. The molecule has 1 saturated heterocycles. The van der Waals surface area contributed by atoms with Gasteiger partial charge in [-0.3, -0.25) is 9.69 Å². The van der Waals surface area contributed by atoms with Gasteiger partial charge in [0.05, 0.1) is 19.6 Å². The smallest absolute Gasteiger partial charge is 0.310 e. The molecule has 0 saturated carbocycles. The van der Waals surface area contributed by atoms with Gasteiger partial charge < -0.3 is 14.6 Å². The molecule has 1 aliphatic rings. The number of benzene rings is 1. The minimum Gasteiger partial charge on any atom is -0.504 e. The van der Waals surface area contributed by atoms with E-state index in [0.717, 1.165) is 24.9 Å². The first kappa shape index (κ1) is 15.6. The quantitative estimate of drug-likeness (QED) is 0.843. The van der Waals surface area contributed by atoms with Crippen molar-refractivity contribution in [3.63, 3.8) is 0 Å². The third kappa shape index (κ3) is 3.88. The van der Waals surface area contributed by atoms with Gasteiger partial charge in [0.25, 0.3) is 0 Å². The van der Waals surface area contributed by atoms with Gasteiger partial charge in [-0.05, 0) is 32.4 Å². The van der Waals surface area contributed by atoms with E-state index in [1.54, 1.807) is 6.07 Å². The summed E-state index contributed by atoms with van der Waals surface area (Å²) in [5.74, 6) is 0.480. The Kier molecular flexibility index (Phi) is 5.44. The number of phenols is 1. The first-order chi connectivity index (χ1) is 10.2. The molecule has 2 rings (SSSR count). The van der Waals surface area contributed by atoms with Crippen LogP contribution in [-0.2, 0) is 16.1 Å². The second-order valence-corrected chi connectivity index (χ2v) is 5.29. The van der Waals surface area contributed by atoms with Crippen LogP contribution in [0.3, 0.4) is 0 Å². The van der Waals surface area contributed by atoms with Crippen molar-refractivity contribution in [1.82, 2.24) is 4.90 Å². The van der Waals surface area contributed by atoms with Crippen molar-refractivity contribution in [2.75, 3.05) is 26.8 Å². The highest BCUT2D eigenvalue weighted by molar-refractivity contribution is 5.72. The molecule has 1 heterocycles. The molecule has 1 aromatic carbocycles. The molecule has 1 fully saturated rings. The van der Waals surface area contributed by atoms with Crippen molar-refractivity contribution in [2.45, 2.75) is 26.3 Å². The normalized spacial score (nSPS) is 19.2. The maximum atomic E-state index is 11.8. The summed E-state index contributed by atoms with van der Waals surface area (Å²) in [5.41, 5.74) is 0.818. The number of carbonyl (C=O) groups is 1. The van der Waals surface area contributed by atoms with Crippen LogP contribution >= 0.6 is 0 Å². The van der Waals surface area contributed by atoms with Crippen molar-refractivity contribution in [2.24, 2.45) is 5.92 Å². The van der Waals surface area contributed by atoms with Crippen LogP contribution in [0.4, 0.5) is 0 Å². The van der Waals surface area contributed by atoms with Crippen molar-refractivity contribution < 1.29 is 19.4 Å². The van der Waals surface area contributed by atoms with Crippen LogP contribution < -0.4 is 4.74 Å². The Balaban J connectivity index is 2.01. The molecule has 1 atom stereocenters. The standard InChI is InChI=1S/C16H23NO4/c1-3-21-16(19)13-7-5-9-17(11-13)10-12-6-4-8-14(20-2)15(12)18/h4,6,8,13,18H,3,5,7,9-11H2,1-2H3/t13-/m1/s1. The summed E-state index contributed by atoms with van der Waals surface area (Å²) in [4.78, 5) is 14.0. The van der Waals surface area contributed by atoms with Gasteiger partial charge in [-0.15, -0.1) is 0 Å². The lowest BCUT2D eigenvalue weighted by Gasteiger charge is -2.31. The molecule has 1 N–H and O–H groups in total. The Bertz CT molecular complexity index is 489. The summed E-state index contributed by atoms with van der Waals surface area (Å²) in [6.45, 7) is 4.46. The lowest BCUT2D eigenvalue weighted by molar-refractivity contribution is -0.150. The Morgan fingerprint density at radius 3 is 3.00 bits per heavy atom. The van der Waals surface area contributed by atoms with Gasteiger partial charge in [0.2, 0.25) is 0 Å². The molecular formula is C16H23NO4. The zero-order chi connectivity index (χ0) is 15.2. The van der Waals surface area contributed by atoms with E-state index in [9.17, 15) is 9.90 Å². The second kappa shape index (κ2) is 7.31. The Morgan fingerprint density at radius 1 is 1.48 bits per heavy atom. The number of carbonyl (C=O) groups excluding carboxylic acids is 1. The second-order valence-electron chi connectivity index (χ2n) is 5.29. The number of likely N-dealkylation sites (tertiary alicyclic amines) is 1. The number of hydrogen-bond acceptors (Lipinski definition) is 5. The maximum absolute atomic E-state index is 11.8. The summed E-state index contributed by atoms with van der Waals surface area (Å²) in [6.07, 6.45) is 1.84. The number of piperidine rings is 1. The van der Waals surface area contributed by atoms with Gasteiger partial charge in [-0.25, -0.2) is 0 Å². The number of rotatable bonds is 5. The zero-order valence-electron chi connectivity index (χ0n) is 12.7. The fourth-order valence-electron chi connectivity index (χ4n) is 2.75. The summed E-state index contributed by atoms with van der Waals surface area (Å²) in [6, 6.07) is 5.48. The van der Waals surface area contributed by atoms with Gasteiger partial charge in [-0.1, -0.05) is 12.1 Å². The summed E-state index contributed by atoms with van der Waals surface area (Å²) < 4.78 is 10.2. The molecule has 1 aliphatic heterocycles. The number of nitrogens with zero attached hydrogens (tertiary/aromatic N) is 1. The third-order valence-electron chi connectivity index (χ3n) is 3.82. The van der Waals surface area contributed by atoms with E-state index < -0.39 is 0 Å². The fourth-order valence-corrected chi connectivity index (χ4v) is 2.75. The average Bonchev–Trinajstić information content (AvgIpc) is 2.50. The SMILES string of the molecule is CCOC(=O)[C@@H]1CCCN(Cc2cccc(OC)c2O)C1. The monoisotopic (exact) mass is 293 g/mol. The summed E-state index contributed by atoms with van der Waals surface area (Å²) in [7, 11) is 1.54. The van der Waals surface area contributed by atoms with E-state index in [-0.39, 0.29) is 17.6 Å². The van der Waals surface area contributed by atoms with Crippen molar-refractivity contribution >= 4 is 5.97 Å². The van der Waals surface area contributed by atoms with Crippen LogP contribution in [-0.4, -0.2) is 42.8 Å². The minimum atomic E-state index is -0.114. The molecule has 21 heavy (non-hydrogen) atoms. The van der Waals surface area contributed by atoms with Crippen LogP contribution in [0.5, 0.6) is 11.5 Å². The number of ether oxygens (including phenoxy) is 2. The Labute approximate surface area is 125 Å². The number of esters is 1. The number of methoxy groups -OCH3 is 1. The van der Waals surface area contributed by atoms with E-state index in [1.165, 1.54) is 7.11 Å². The minimum absolute atomic E-state index is 0.0635. The highest BCUT2D eigenvalue weighted by Crippen LogP contribution is 2.31. The van der Waals surface area contributed by atoms with Crippen LogP contribution in [0.15, 0.2) is 18.2 Å².